The number of nitrogens with two attached hydrogens (primary N) is 1. The smallest absolute Gasteiger partial charge is 0.393 e. The Morgan fingerprint density at radius 1 is 1.39 bits per heavy atom. The van der Waals surface area contributed by atoms with E-state index in [-0.39, 0.29) is 13.0 Å². The van der Waals surface area contributed by atoms with Gasteiger partial charge in [0.05, 0.1) is 5.92 Å². The Hall–Kier alpha value is -0.750. The van der Waals surface area contributed by atoms with E-state index < -0.39 is 12.1 Å². The quantitative estimate of drug-likeness (QED) is 0.845. The molecule has 0 aliphatic carbocycles. The standard InChI is InChI=1S/C12H14BrF3N2/c13-10-2-1-8(11(17)5-10)6-18-4-3-9(7-18)12(14,15)16/h1-2,5,9H,3-4,6-7,17H2. The van der Waals surface area contributed by atoms with Crippen molar-refractivity contribution in [3.63, 3.8) is 0 Å². The van der Waals surface area contributed by atoms with Crippen molar-refractivity contribution in [3.05, 3.63) is 28.2 Å². The number of halogens is 4. The van der Waals surface area contributed by atoms with E-state index in [1.54, 1.807) is 11.0 Å². The lowest BCUT2D eigenvalue weighted by atomic mass is 10.1. The summed E-state index contributed by atoms with van der Waals surface area (Å²) in [4.78, 5) is 1.80. The van der Waals surface area contributed by atoms with E-state index in [4.69, 9.17) is 5.73 Å². The molecule has 1 saturated heterocycles. The molecule has 6 heteroatoms. The lowest BCUT2D eigenvalue weighted by molar-refractivity contribution is -0.170. The van der Waals surface area contributed by atoms with Gasteiger partial charge >= 0.3 is 6.18 Å². The van der Waals surface area contributed by atoms with Crippen LogP contribution >= 0.6 is 15.9 Å². The van der Waals surface area contributed by atoms with E-state index in [0.29, 0.717) is 18.8 Å². The Morgan fingerprint density at radius 3 is 2.67 bits per heavy atom. The van der Waals surface area contributed by atoms with Crippen LogP contribution in [0.2, 0.25) is 0 Å². The molecule has 0 spiro atoms. The number of likely N-dealkylation sites (tertiary alicyclic amines) is 1. The first-order valence-corrected chi connectivity index (χ1v) is 6.48. The molecule has 1 heterocycles. The molecular weight excluding hydrogens is 309 g/mol. The molecule has 1 atom stereocenters. The minimum Gasteiger partial charge on any atom is -0.398 e. The molecule has 0 saturated carbocycles. The molecule has 0 aromatic heterocycles. The van der Waals surface area contributed by atoms with E-state index in [9.17, 15) is 13.2 Å². The number of anilines is 1. The van der Waals surface area contributed by atoms with Gasteiger partial charge in [-0.25, -0.2) is 0 Å². The summed E-state index contributed by atoms with van der Waals surface area (Å²) in [5, 5.41) is 0. The third kappa shape index (κ3) is 3.17. The highest BCUT2D eigenvalue weighted by atomic mass is 79.9. The van der Waals surface area contributed by atoms with Crippen LogP contribution in [0.3, 0.4) is 0 Å². The number of nitrogen functional groups attached to an aromatic ring is 1. The molecule has 1 aliphatic heterocycles. The van der Waals surface area contributed by atoms with Crippen molar-refractivity contribution >= 4 is 21.6 Å². The van der Waals surface area contributed by atoms with Gasteiger partial charge in [-0.3, -0.25) is 4.90 Å². The molecule has 1 fully saturated rings. The average molecular weight is 323 g/mol. The summed E-state index contributed by atoms with van der Waals surface area (Å²) in [6.45, 7) is 1.02. The number of hydrogen-bond donors (Lipinski definition) is 1. The first kappa shape index (κ1) is 13.7. The third-order valence-corrected chi connectivity index (χ3v) is 3.73. The fourth-order valence-corrected chi connectivity index (χ4v) is 2.57. The predicted octanol–water partition coefficient (Wildman–Crippen LogP) is 3.42. The monoisotopic (exact) mass is 322 g/mol. The van der Waals surface area contributed by atoms with Gasteiger partial charge in [0, 0.05) is 23.2 Å². The second-order valence-corrected chi connectivity index (χ2v) is 5.52. The first-order valence-electron chi connectivity index (χ1n) is 5.69. The summed E-state index contributed by atoms with van der Waals surface area (Å²) in [7, 11) is 0. The highest BCUT2D eigenvalue weighted by Gasteiger charge is 2.43. The van der Waals surface area contributed by atoms with Gasteiger partial charge in [-0.15, -0.1) is 0 Å². The van der Waals surface area contributed by atoms with Crippen LogP contribution in [0.4, 0.5) is 18.9 Å². The Balaban J connectivity index is 1.99. The van der Waals surface area contributed by atoms with Crippen molar-refractivity contribution in [1.29, 1.82) is 0 Å². The summed E-state index contributed by atoms with van der Waals surface area (Å²) < 4.78 is 38.5. The van der Waals surface area contributed by atoms with E-state index in [1.807, 2.05) is 12.1 Å². The predicted molar refractivity (Wildman–Crippen MR) is 68.0 cm³/mol. The zero-order valence-electron chi connectivity index (χ0n) is 9.67. The van der Waals surface area contributed by atoms with Crippen molar-refractivity contribution in [1.82, 2.24) is 4.90 Å². The molecule has 2 nitrogen and oxygen atoms in total. The third-order valence-electron chi connectivity index (χ3n) is 3.24. The zero-order chi connectivity index (χ0) is 13.3. The Labute approximate surface area is 112 Å². The van der Waals surface area contributed by atoms with Gasteiger partial charge in [0.2, 0.25) is 0 Å². The van der Waals surface area contributed by atoms with E-state index in [0.717, 1.165) is 10.0 Å². The van der Waals surface area contributed by atoms with Crippen LogP contribution in [0.1, 0.15) is 12.0 Å². The van der Waals surface area contributed by atoms with Gasteiger partial charge in [0.15, 0.2) is 0 Å². The van der Waals surface area contributed by atoms with Gasteiger partial charge < -0.3 is 5.73 Å². The lowest BCUT2D eigenvalue weighted by Gasteiger charge is -2.18. The fraction of sp³-hybridized carbons (Fsp3) is 0.500. The molecule has 1 aliphatic rings. The van der Waals surface area contributed by atoms with Gasteiger partial charge in [-0.1, -0.05) is 22.0 Å². The van der Waals surface area contributed by atoms with Crippen LogP contribution < -0.4 is 5.73 Å². The SMILES string of the molecule is Nc1cc(Br)ccc1CN1CCC(C(F)(F)F)C1. The summed E-state index contributed by atoms with van der Waals surface area (Å²) in [5.74, 6) is -1.20. The van der Waals surface area contributed by atoms with Crippen molar-refractivity contribution in [2.45, 2.75) is 19.1 Å². The molecular formula is C12H14BrF3N2. The van der Waals surface area contributed by atoms with Crippen LogP contribution in [0.15, 0.2) is 22.7 Å². The minimum absolute atomic E-state index is 0.0685. The van der Waals surface area contributed by atoms with Gasteiger partial charge in [0.25, 0.3) is 0 Å². The molecule has 100 valence electrons. The Kier molecular flexibility index (Phi) is 3.87. The minimum atomic E-state index is -4.08. The maximum absolute atomic E-state index is 12.5. The Morgan fingerprint density at radius 2 is 2.11 bits per heavy atom. The molecule has 2 rings (SSSR count). The first-order chi connectivity index (χ1) is 8.36. The topological polar surface area (TPSA) is 29.3 Å². The second-order valence-electron chi connectivity index (χ2n) is 4.61. The molecule has 0 amide bonds. The lowest BCUT2D eigenvalue weighted by Crippen LogP contribution is -2.27. The van der Waals surface area contributed by atoms with Crippen LogP contribution in [0, 0.1) is 5.92 Å². The van der Waals surface area contributed by atoms with Gasteiger partial charge in [-0.05, 0) is 30.7 Å². The summed E-state index contributed by atoms with van der Waals surface area (Å²) in [5.41, 5.74) is 7.33. The van der Waals surface area contributed by atoms with E-state index >= 15 is 0 Å². The molecule has 1 aromatic rings. The van der Waals surface area contributed by atoms with Crippen LogP contribution in [-0.4, -0.2) is 24.2 Å². The highest BCUT2D eigenvalue weighted by molar-refractivity contribution is 9.10. The largest absolute Gasteiger partial charge is 0.398 e. The maximum atomic E-state index is 12.5. The van der Waals surface area contributed by atoms with Crippen molar-refractivity contribution in [2.75, 3.05) is 18.8 Å². The summed E-state index contributed by atoms with van der Waals surface area (Å²) >= 11 is 3.30. The van der Waals surface area contributed by atoms with Crippen LogP contribution in [0.5, 0.6) is 0 Å². The maximum Gasteiger partial charge on any atom is 0.393 e. The van der Waals surface area contributed by atoms with Crippen molar-refractivity contribution in [3.8, 4) is 0 Å². The molecule has 1 unspecified atom stereocenters. The highest BCUT2D eigenvalue weighted by Crippen LogP contribution is 2.34. The molecule has 2 N–H and O–H groups in total. The molecule has 18 heavy (non-hydrogen) atoms. The van der Waals surface area contributed by atoms with E-state index in [2.05, 4.69) is 15.9 Å². The fourth-order valence-electron chi connectivity index (χ4n) is 2.19. The summed E-state index contributed by atoms with van der Waals surface area (Å²) in [6, 6.07) is 5.47. The number of alkyl halides is 3. The van der Waals surface area contributed by atoms with E-state index in [1.165, 1.54) is 0 Å². The number of benzene rings is 1. The van der Waals surface area contributed by atoms with Crippen molar-refractivity contribution in [2.24, 2.45) is 5.92 Å². The van der Waals surface area contributed by atoms with Crippen LogP contribution in [0.25, 0.3) is 0 Å². The van der Waals surface area contributed by atoms with Crippen molar-refractivity contribution < 1.29 is 13.2 Å². The second kappa shape index (κ2) is 5.09. The molecule has 1 aromatic carbocycles. The summed E-state index contributed by atoms with van der Waals surface area (Å²) in [6.07, 6.45) is -3.90. The Bertz CT molecular complexity index is 434. The number of nitrogens with zero attached hydrogens (tertiary/aromatic N) is 1. The number of rotatable bonds is 2. The number of hydrogen-bond acceptors (Lipinski definition) is 2. The van der Waals surface area contributed by atoms with Crippen LogP contribution in [-0.2, 0) is 6.54 Å². The zero-order valence-corrected chi connectivity index (χ0v) is 11.3. The van der Waals surface area contributed by atoms with Gasteiger partial charge in [-0.2, -0.15) is 13.2 Å². The van der Waals surface area contributed by atoms with Gasteiger partial charge in [0.1, 0.15) is 0 Å². The molecule has 0 bridgehead atoms. The molecule has 0 radical (unpaired) electrons. The average Bonchev–Trinajstić information content (AvgIpc) is 2.70. The normalized spacial score (nSPS) is 21.4.